The molecule has 0 aliphatic rings. The Morgan fingerprint density at radius 2 is 2.21 bits per heavy atom. The van der Waals surface area contributed by atoms with Gasteiger partial charge in [-0.2, -0.15) is 5.26 Å². The van der Waals surface area contributed by atoms with E-state index in [1.807, 2.05) is 0 Å². The second-order valence-corrected chi connectivity index (χ2v) is 2.45. The lowest BCUT2D eigenvalue weighted by Gasteiger charge is -2.00. The Balaban J connectivity index is 3.49. The average Bonchev–Trinajstić information content (AvgIpc) is 2.16. The first kappa shape index (κ1) is 9.86. The Hall–Kier alpha value is -2.22. The molecule has 0 unspecified atom stereocenters. The molecule has 0 aliphatic heterocycles. The van der Waals surface area contributed by atoms with Crippen LogP contribution in [0.4, 0.5) is 4.39 Å². The van der Waals surface area contributed by atoms with E-state index in [1.54, 1.807) is 0 Å². The number of aldehydes is 1. The predicted molar refractivity (Wildman–Crippen MR) is 43.5 cm³/mol. The Morgan fingerprint density at radius 3 is 2.64 bits per heavy atom. The maximum Gasteiger partial charge on any atom is 0.336 e. The van der Waals surface area contributed by atoms with E-state index in [2.05, 4.69) is 0 Å². The molecule has 0 aliphatic carbocycles. The number of rotatable bonds is 2. The molecular weight excluding hydrogens is 189 g/mol. The van der Waals surface area contributed by atoms with Crippen LogP contribution in [0.2, 0.25) is 0 Å². The van der Waals surface area contributed by atoms with Gasteiger partial charge in [0.25, 0.3) is 0 Å². The van der Waals surface area contributed by atoms with E-state index in [0.29, 0.717) is 0 Å². The van der Waals surface area contributed by atoms with Gasteiger partial charge < -0.3 is 5.11 Å². The molecule has 0 amide bonds. The van der Waals surface area contributed by atoms with Crippen LogP contribution in [0.3, 0.4) is 0 Å². The molecule has 0 saturated carbocycles. The molecule has 4 nitrogen and oxygen atoms in total. The fraction of sp³-hybridized carbons (Fsp3) is 0. The Kier molecular flexibility index (Phi) is 2.58. The van der Waals surface area contributed by atoms with Gasteiger partial charge in [0.2, 0.25) is 0 Å². The normalized spacial score (nSPS) is 9.14. The van der Waals surface area contributed by atoms with Crippen LogP contribution in [0, 0.1) is 17.1 Å². The highest BCUT2D eigenvalue weighted by Gasteiger charge is 2.14. The van der Waals surface area contributed by atoms with E-state index < -0.39 is 17.3 Å². The summed E-state index contributed by atoms with van der Waals surface area (Å²) in [5.41, 5.74) is -1.06. The number of nitrogens with zero attached hydrogens (tertiary/aromatic N) is 1. The number of carbonyl (C=O) groups excluding carboxylic acids is 1. The fourth-order valence-corrected chi connectivity index (χ4v) is 0.957. The zero-order valence-corrected chi connectivity index (χ0v) is 6.82. The third-order valence-electron chi connectivity index (χ3n) is 1.62. The highest BCUT2D eigenvalue weighted by atomic mass is 19.1. The lowest BCUT2D eigenvalue weighted by atomic mass is 10.0. The number of aromatic carboxylic acids is 1. The molecule has 1 rings (SSSR count). The summed E-state index contributed by atoms with van der Waals surface area (Å²) >= 11 is 0. The lowest BCUT2D eigenvalue weighted by Crippen LogP contribution is -2.04. The summed E-state index contributed by atoms with van der Waals surface area (Å²) in [4.78, 5) is 20.9. The first-order valence-corrected chi connectivity index (χ1v) is 3.52. The molecule has 1 aromatic carbocycles. The maximum atomic E-state index is 12.9. The largest absolute Gasteiger partial charge is 0.478 e. The summed E-state index contributed by atoms with van der Waals surface area (Å²) in [6, 6.07) is 3.05. The molecule has 0 saturated heterocycles. The van der Waals surface area contributed by atoms with Gasteiger partial charge >= 0.3 is 5.97 Å². The van der Waals surface area contributed by atoms with Gasteiger partial charge in [0.05, 0.1) is 11.1 Å². The van der Waals surface area contributed by atoms with Crippen LogP contribution < -0.4 is 0 Å². The molecule has 0 aromatic heterocycles. The number of carboxylic acid groups (broad SMARTS) is 1. The van der Waals surface area contributed by atoms with Crippen molar-refractivity contribution in [3.05, 3.63) is 34.6 Å². The zero-order chi connectivity index (χ0) is 10.7. The van der Waals surface area contributed by atoms with Crippen molar-refractivity contribution in [1.29, 1.82) is 5.26 Å². The van der Waals surface area contributed by atoms with Crippen LogP contribution in [-0.4, -0.2) is 17.4 Å². The van der Waals surface area contributed by atoms with E-state index in [4.69, 9.17) is 10.4 Å². The second kappa shape index (κ2) is 3.66. The molecule has 0 radical (unpaired) electrons. The van der Waals surface area contributed by atoms with Gasteiger partial charge in [0.1, 0.15) is 11.9 Å². The van der Waals surface area contributed by atoms with Crippen molar-refractivity contribution < 1.29 is 19.1 Å². The van der Waals surface area contributed by atoms with E-state index in [1.165, 1.54) is 6.07 Å². The second-order valence-electron chi connectivity index (χ2n) is 2.45. The molecule has 0 heterocycles. The van der Waals surface area contributed by atoms with Gasteiger partial charge in [0, 0.05) is 5.56 Å². The molecule has 14 heavy (non-hydrogen) atoms. The van der Waals surface area contributed by atoms with Crippen molar-refractivity contribution in [2.45, 2.75) is 0 Å². The van der Waals surface area contributed by atoms with E-state index in [9.17, 15) is 14.0 Å². The van der Waals surface area contributed by atoms with Crippen LogP contribution in [0.15, 0.2) is 12.1 Å². The van der Waals surface area contributed by atoms with Crippen molar-refractivity contribution in [2.75, 3.05) is 0 Å². The van der Waals surface area contributed by atoms with Crippen molar-refractivity contribution in [3.8, 4) is 6.07 Å². The van der Waals surface area contributed by atoms with Crippen LogP contribution in [-0.2, 0) is 0 Å². The number of carboxylic acids is 1. The Morgan fingerprint density at radius 1 is 1.57 bits per heavy atom. The minimum atomic E-state index is -1.37. The fourth-order valence-electron chi connectivity index (χ4n) is 0.957. The SMILES string of the molecule is N#Cc1cc(C(=O)O)c(C=O)cc1F. The number of carbonyl (C=O) groups is 2. The van der Waals surface area contributed by atoms with E-state index >= 15 is 0 Å². The number of hydrogen-bond donors (Lipinski definition) is 1. The number of nitriles is 1. The van der Waals surface area contributed by atoms with Crippen molar-refractivity contribution >= 4 is 12.3 Å². The van der Waals surface area contributed by atoms with E-state index in [0.717, 1.165) is 12.1 Å². The van der Waals surface area contributed by atoms with Crippen LogP contribution in [0.5, 0.6) is 0 Å². The summed E-state index contributed by atoms with van der Waals surface area (Å²) in [5, 5.41) is 17.0. The van der Waals surface area contributed by atoms with Gasteiger partial charge in [-0.25, -0.2) is 9.18 Å². The minimum absolute atomic E-state index is 0.230. The lowest BCUT2D eigenvalue weighted by molar-refractivity contribution is 0.0694. The van der Waals surface area contributed by atoms with Crippen LogP contribution >= 0.6 is 0 Å². The summed E-state index contributed by atoms with van der Waals surface area (Å²) in [6.07, 6.45) is 0.230. The maximum absolute atomic E-state index is 12.9. The molecule has 1 N–H and O–H groups in total. The average molecular weight is 193 g/mol. The smallest absolute Gasteiger partial charge is 0.336 e. The van der Waals surface area contributed by atoms with Gasteiger partial charge in [0.15, 0.2) is 6.29 Å². The standard InChI is InChI=1S/C9H4FNO3/c10-8-2-6(4-12)7(9(13)14)1-5(8)3-11/h1-2,4H,(H,13,14). The molecule has 0 bridgehead atoms. The van der Waals surface area contributed by atoms with Crippen molar-refractivity contribution in [3.63, 3.8) is 0 Å². The summed E-state index contributed by atoms with van der Waals surface area (Å²) in [7, 11) is 0. The number of hydrogen-bond acceptors (Lipinski definition) is 3. The molecule has 0 spiro atoms. The third kappa shape index (κ3) is 1.59. The molecule has 1 aromatic rings. The molecule has 0 fully saturated rings. The van der Waals surface area contributed by atoms with Crippen molar-refractivity contribution in [1.82, 2.24) is 0 Å². The molecule has 0 atom stereocenters. The van der Waals surface area contributed by atoms with Crippen LogP contribution in [0.25, 0.3) is 0 Å². The first-order chi connectivity index (χ1) is 6.60. The predicted octanol–water partition coefficient (Wildman–Crippen LogP) is 1.21. The highest BCUT2D eigenvalue weighted by molar-refractivity contribution is 5.97. The summed E-state index contributed by atoms with van der Waals surface area (Å²) in [6.45, 7) is 0. The Labute approximate surface area is 78.2 Å². The Bertz CT molecular complexity index is 448. The third-order valence-corrected chi connectivity index (χ3v) is 1.62. The van der Waals surface area contributed by atoms with Gasteiger partial charge in [-0.15, -0.1) is 0 Å². The van der Waals surface area contributed by atoms with Crippen molar-refractivity contribution in [2.24, 2.45) is 0 Å². The quantitative estimate of drug-likeness (QED) is 0.716. The van der Waals surface area contributed by atoms with Crippen LogP contribution in [0.1, 0.15) is 26.3 Å². The van der Waals surface area contributed by atoms with Gasteiger partial charge in [-0.05, 0) is 12.1 Å². The molecular formula is C9H4FNO3. The zero-order valence-electron chi connectivity index (χ0n) is 6.82. The topological polar surface area (TPSA) is 78.2 Å². The van der Waals surface area contributed by atoms with Gasteiger partial charge in [-0.1, -0.05) is 0 Å². The van der Waals surface area contributed by atoms with Gasteiger partial charge in [-0.3, -0.25) is 4.79 Å². The monoisotopic (exact) mass is 193 g/mol. The van der Waals surface area contributed by atoms with E-state index in [-0.39, 0.29) is 17.4 Å². The number of halogens is 1. The first-order valence-electron chi connectivity index (χ1n) is 3.52. The molecule has 70 valence electrons. The summed E-state index contributed by atoms with van der Waals surface area (Å²) in [5.74, 6) is -2.27. The summed E-state index contributed by atoms with van der Waals surface area (Å²) < 4.78 is 12.9. The number of benzene rings is 1. The highest BCUT2D eigenvalue weighted by Crippen LogP contribution is 2.14. The minimum Gasteiger partial charge on any atom is -0.478 e. The molecule has 5 heteroatoms.